The quantitative estimate of drug-likeness (QED) is 0.142. The standard InChI is InChI=1S/C23H26.C20H20.C19H18.C16H24.C14H20/c1-15(2)19-11-8-12-20(16(3)4)23(19)22-14-13-18-9-6-7-10-21(18)17(22)5;1-13-11-14(2)20(15(3)12-13)19-10-9-17-7-5-6-8-18(17)16(19)4;1-13-7-6-8-14(2)19(13)18-12-11-16-9-4-5-10-17(16)15(18)3;1-12(2)15-10-7-11-16(13(15)3)14-8-5-4-6-9-14;1-11-7-6-10-14(12(11)2)13-8-4-3-5-9-13/h6-16H,1-5H3;5-12H,1-4H3;4-12H,1-3H3;7,10-12,14H,4-6,8-9H2,1-3H3;6-7,10,13H,3-5,8-9H2,1-2H3. The van der Waals surface area contributed by atoms with Gasteiger partial charge in [0.25, 0.3) is 0 Å². The summed E-state index contributed by atoms with van der Waals surface area (Å²) >= 11 is 0. The van der Waals surface area contributed by atoms with Crippen molar-refractivity contribution >= 4 is 32.3 Å². The molecule has 0 saturated heterocycles. The lowest BCUT2D eigenvalue weighted by atomic mass is 9.80. The zero-order valence-electron chi connectivity index (χ0n) is 59.4. The first-order valence-corrected chi connectivity index (χ1v) is 35.1. The van der Waals surface area contributed by atoms with Crippen LogP contribution in [0.4, 0.5) is 0 Å². The van der Waals surface area contributed by atoms with Crippen molar-refractivity contribution in [3.63, 3.8) is 0 Å². The summed E-state index contributed by atoms with van der Waals surface area (Å²) in [6.45, 7) is 38.3. The van der Waals surface area contributed by atoms with Gasteiger partial charge in [0.05, 0.1) is 0 Å². The summed E-state index contributed by atoms with van der Waals surface area (Å²) in [7, 11) is 0. The maximum Gasteiger partial charge on any atom is -0.0112 e. The molecule has 2 fully saturated rings. The lowest BCUT2D eigenvalue weighted by Gasteiger charge is -2.25. The summed E-state index contributed by atoms with van der Waals surface area (Å²) in [5, 5.41) is 8.01. The Hall–Kier alpha value is -7.80. The number of aryl methyl sites for hydroxylation is 9. The first kappa shape index (κ1) is 68.6. The number of benzene rings is 11. The largest absolute Gasteiger partial charge is 0.0617 e. The van der Waals surface area contributed by atoms with Crippen LogP contribution in [-0.2, 0) is 0 Å². The predicted octanol–water partition coefficient (Wildman–Crippen LogP) is 27.8. The monoisotopic (exact) mass is 1210 g/mol. The normalized spacial score (nSPS) is 13.5. The third kappa shape index (κ3) is 16.0. The van der Waals surface area contributed by atoms with Crippen molar-refractivity contribution in [2.75, 3.05) is 0 Å². The average Bonchev–Trinajstić information content (AvgIpc) is 0.820. The molecule has 0 nitrogen and oxygen atoms in total. The fourth-order valence-electron chi connectivity index (χ4n) is 15.6. The third-order valence-electron chi connectivity index (χ3n) is 20.7. The lowest BCUT2D eigenvalue weighted by molar-refractivity contribution is 0.442. The van der Waals surface area contributed by atoms with Crippen LogP contribution in [0, 0.1) is 76.2 Å². The Morgan fingerprint density at radius 1 is 0.261 bits per heavy atom. The SMILES string of the molecule is Cc1c(-c2c(C(C)C)cccc2C(C)C)ccc2ccccc12.Cc1c(C(C)C)cccc1C1CCCCC1.Cc1cc(C)c(-c2ccc3ccccc3c2C)c(C)c1.Cc1cccc(C)c1-c1ccc2ccccc2c1C.Cc1cccc(C2CCCCC2)c1C. The first-order valence-electron chi connectivity index (χ1n) is 35.1. The Morgan fingerprint density at radius 2 is 0.587 bits per heavy atom. The molecule has 11 aromatic rings. The Kier molecular flexibility index (Phi) is 23.6. The Bertz CT molecular complexity index is 4210. The summed E-state index contributed by atoms with van der Waals surface area (Å²) in [5.41, 5.74) is 31.4. The van der Waals surface area contributed by atoms with Crippen LogP contribution in [0.5, 0.6) is 0 Å². The summed E-state index contributed by atoms with van der Waals surface area (Å²) in [6.07, 6.45) is 14.2. The highest BCUT2D eigenvalue weighted by Crippen LogP contribution is 2.42. The molecule has 0 spiro atoms. The van der Waals surface area contributed by atoms with E-state index in [9.17, 15) is 0 Å². The van der Waals surface area contributed by atoms with E-state index < -0.39 is 0 Å². The van der Waals surface area contributed by atoms with E-state index in [2.05, 4.69) is 312 Å². The predicted molar refractivity (Wildman–Crippen MR) is 407 cm³/mol. The second-order valence-corrected chi connectivity index (χ2v) is 28.2. The first-order chi connectivity index (χ1) is 44.2. The molecule has 0 radical (unpaired) electrons. The van der Waals surface area contributed by atoms with E-state index in [1.807, 2.05) is 0 Å². The molecule has 0 aliphatic heterocycles. The van der Waals surface area contributed by atoms with E-state index in [1.165, 1.54) is 197 Å². The smallest absolute Gasteiger partial charge is 0.0112 e. The van der Waals surface area contributed by atoms with Crippen LogP contribution in [-0.4, -0.2) is 0 Å². The van der Waals surface area contributed by atoms with Gasteiger partial charge in [-0.1, -0.05) is 280 Å². The van der Waals surface area contributed by atoms with Gasteiger partial charge in [-0.25, -0.2) is 0 Å². The molecule has 0 unspecified atom stereocenters. The van der Waals surface area contributed by atoms with Crippen LogP contribution < -0.4 is 0 Å². The molecule has 13 rings (SSSR count). The zero-order valence-corrected chi connectivity index (χ0v) is 59.4. The van der Waals surface area contributed by atoms with E-state index in [1.54, 1.807) is 22.3 Å². The molecule has 2 saturated carbocycles. The molecule has 0 heteroatoms. The van der Waals surface area contributed by atoms with Gasteiger partial charge in [0, 0.05) is 0 Å². The van der Waals surface area contributed by atoms with E-state index in [0.717, 1.165) is 11.8 Å². The summed E-state index contributed by atoms with van der Waals surface area (Å²) < 4.78 is 0. The van der Waals surface area contributed by atoms with Crippen LogP contribution in [0.3, 0.4) is 0 Å². The van der Waals surface area contributed by atoms with Crippen molar-refractivity contribution in [3.05, 3.63) is 283 Å². The summed E-state index contributed by atoms with van der Waals surface area (Å²) in [5.74, 6) is 3.39. The number of rotatable bonds is 8. The van der Waals surface area contributed by atoms with Crippen molar-refractivity contribution in [1.82, 2.24) is 0 Å². The van der Waals surface area contributed by atoms with Gasteiger partial charge in [0.1, 0.15) is 0 Å². The van der Waals surface area contributed by atoms with Gasteiger partial charge in [-0.2, -0.15) is 0 Å². The number of hydrogen-bond donors (Lipinski definition) is 0. The summed E-state index contributed by atoms with van der Waals surface area (Å²) in [6, 6.07) is 71.0. The highest BCUT2D eigenvalue weighted by Gasteiger charge is 2.22. The van der Waals surface area contributed by atoms with Crippen molar-refractivity contribution in [2.45, 2.75) is 212 Å². The van der Waals surface area contributed by atoms with E-state index >= 15 is 0 Å². The van der Waals surface area contributed by atoms with Crippen LogP contribution in [0.25, 0.3) is 65.7 Å². The minimum absolute atomic E-state index is 0.523. The van der Waals surface area contributed by atoms with Gasteiger partial charge < -0.3 is 0 Å². The molecule has 0 atom stereocenters. The Balaban J connectivity index is 0.000000137. The van der Waals surface area contributed by atoms with Crippen molar-refractivity contribution in [2.24, 2.45) is 0 Å². The number of fused-ring (bicyclic) bond motifs is 3. The summed E-state index contributed by atoms with van der Waals surface area (Å²) in [4.78, 5) is 0. The molecular formula is C92H108. The Labute approximate surface area is 557 Å². The number of hydrogen-bond acceptors (Lipinski definition) is 0. The van der Waals surface area contributed by atoms with Gasteiger partial charge in [0.15, 0.2) is 0 Å². The Morgan fingerprint density at radius 3 is 1.00 bits per heavy atom. The second kappa shape index (κ2) is 31.7. The van der Waals surface area contributed by atoms with Crippen LogP contribution in [0.15, 0.2) is 194 Å². The molecular weight excluding hydrogens is 1110 g/mol. The fraction of sp³-hybridized carbons (Fsp3) is 0.348. The van der Waals surface area contributed by atoms with Crippen LogP contribution in [0.2, 0.25) is 0 Å². The lowest BCUT2D eigenvalue weighted by Crippen LogP contribution is -2.07. The van der Waals surface area contributed by atoms with Crippen molar-refractivity contribution < 1.29 is 0 Å². The maximum absolute atomic E-state index is 2.36. The molecule has 2 aliphatic carbocycles. The van der Waals surface area contributed by atoms with Crippen molar-refractivity contribution in [3.8, 4) is 33.4 Å². The minimum Gasteiger partial charge on any atom is -0.0617 e. The molecule has 92 heavy (non-hydrogen) atoms. The van der Waals surface area contributed by atoms with E-state index in [-0.39, 0.29) is 0 Å². The second-order valence-electron chi connectivity index (χ2n) is 28.2. The third-order valence-corrected chi connectivity index (χ3v) is 20.7. The molecule has 0 N–H and O–H groups in total. The van der Waals surface area contributed by atoms with E-state index in [0.29, 0.717) is 17.8 Å². The average molecular weight is 1210 g/mol. The molecule has 0 bridgehead atoms. The molecule has 0 amide bonds. The van der Waals surface area contributed by atoms with Crippen LogP contribution >= 0.6 is 0 Å². The van der Waals surface area contributed by atoms with Gasteiger partial charge in [0.2, 0.25) is 0 Å². The highest BCUT2D eigenvalue weighted by molar-refractivity contribution is 5.95. The van der Waals surface area contributed by atoms with Crippen LogP contribution in [0.1, 0.15) is 224 Å². The fourth-order valence-corrected chi connectivity index (χ4v) is 15.6. The zero-order chi connectivity index (χ0) is 65.8. The minimum atomic E-state index is 0.523. The van der Waals surface area contributed by atoms with Gasteiger partial charge >= 0.3 is 0 Å². The van der Waals surface area contributed by atoms with Gasteiger partial charge in [-0.05, 0) is 281 Å². The molecule has 476 valence electrons. The topological polar surface area (TPSA) is 0 Å². The van der Waals surface area contributed by atoms with Gasteiger partial charge in [-0.15, -0.1) is 0 Å². The highest BCUT2D eigenvalue weighted by atomic mass is 14.3. The molecule has 0 heterocycles. The maximum atomic E-state index is 2.36. The van der Waals surface area contributed by atoms with E-state index in [4.69, 9.17) is 0 Å². The van der Waals surface area contributed by atoms with Crippen molar-refractivity contribution in [1.29, 1.82) is 0 Å². The van der Waals surface area contributed by atoms with Gasteiger partial charge in [-0.3, -0.25) is 0 Å². The molecule has 11 aromatic carbocycles. The molecule has 0 aromatic heterocycles. The molecule has 2 aliphatic rings.